The third-order valence-corrected chi connectivity index (χ3v) is 2.63. The Morgan fingerprint density at radius 3 is 3.00 bits per heavy atom. The number of aromatic nitrogens is 1. The molecule has 0 radical (unpaired) electrons. The maximum atomic E-state index is 10.9. The normalized spacial score (nSPS) is 10.7. The number of aryl methyl sites for hydroxylation is 1. The Balaban J connectivity index is 2.11. The van der Waals surface area contributed by atoms with Gasteiger partial charge < -0.3 is 9.30 Å². The van der Waals surface area contributed by atoms with E-state index >= 15 is 0 Å². The topological polar surface area (TPSA) is 69.3 Å². The molecule has 1 aromatic heterocycles. The van der Waals surface area contributed by atoms with Crippen LogP contribution >= 0.6 is 0 Å². The molecule has 1 amide bonds. The van der Waals surface area contributed by atoms with Gasteiger partial charge in [-0.1, -0.05) is 18.2 Å². The Labute approximate surface area is 99.1 Å². The van der Waals surface area contributed by atoms with Gasteiger partial charge in [-0.3, -0.25) is 10.2 Å². The molecule has 3 N–H and O–H groups in total. The lowest BCUT2D eigenvalue weighted by atomic mass is 10.2. The van der Waals surface area contributed by atoms with E-state index in [0.717, 1.165) is 16.5 Å². The molecule has 0 atom stereocenters. The molecule has 2 aromatic rings. The fraction of sp³-hybridized carbons (Fsp3) is 0.250. The van der Waals surface area contributed by atoms with E-state index in [2.05, 4.69) is 0 Å². The molecule has 0 spiro atoms. The quantitative estimate of drug-likeness (QED) is 0.463. The minimum absolute atomic E-state index is 0.0281. The number of fused-ring (bicyclic) bond motifs is 1. The molecule has 0 aliphatic heterocycles. The predicted octanol–water partition coefficient (Wildman–Crippen LogP) is 0.685. The number of rotatable bonds is 4. The van der Waals surface area contributed by atoms with Gasteiger partial charge in [-0.25, -0.2) is 5.84 Å². The van der Waals surface area contributed by atoms with Gasteiger partial charge >= 0.3 is 0 Å². The third-order valence-electron chi connectivity index (χ3n) is 2.63. The van der Waals surface area contributed by atoms with Crippen molar-refractivity contribution in [3.05, 3.63) is 36.0 Å². The fourth-order valence-corrected chi connectivity index (χ4v) is 1.84. The summed E-state index contributed by atoms with van der Waals surface area (Å²) in [7, 11) is 1.98. The maximum absolute atomic E-state index is 10.9. The smallest absolute Gasteiger partial charge is 0.259 e. The van der Waals surface area contributed by atoms with Gasteiger partial charge in [0.1, 0.15) is 6.61 Å². The minimum Gasteiger partial charge on any atom is -0.367 e. The number of carbonyl (C=O) groups is 1. The minimum atomic E-state index is -0.328. The first-order chi connectivity index (χ1) is 8.22. The number of nitrogens with one attached hydrogen (secondary N) is 1. The van der Waals surface area contributed by atoms with Gasteiger partial charge in [0.2, 0.25) is 0 Å². The number of hydrazine groups is 1. The zero-order valence-corrected chi connectivity index (χ0v) is 9.64. The number of ether oxygens (including phenoxy) is 1. The second kappa shape index (κ2) is 4.99. The van der Waals surface area contributed by atoms with E-state index in [0.29, 0.717) is 6.61 Å². The van der Waals surface area contributed by atoms with E-state index < -0.39 is 0 Å². The average molecular weight is 233 g/mol. The summed E-state index contributed by atoms with van der Waals surface area (Å²) in [6.07, 6.45) is 2.00. The van der Waals surface area contributed by atoms with Gasteiger partial charge in [0.05, 0.1) is 6.61 Å². The molecule has 0 bridgehead atoms. The highest BCUT2D eigenvalue weighted by Crippen LogP contribution is 2.20. The maximum Gasteiger partial charge on any atom is 0.259 e. The molecular formula is C12H15N3O2. The number of carbonyl (C=O) groups excluding carboxylic acids is 1. The summed E-state index contributed by atoms with van der Waals surface area (Å²) in [5, 5.41) is 1.14. The summed E-state index contributed by atoms with van der Waals surface area (Å²) in [6.45, 7) is 0.370. The van der Waals surface area contributed by atoms with Gasteiger partial charge in [0.25, 0.3) is 5.91 Å². The summed E-state index contributed by atoms with van der Waals surface area (Å²) in [6, 6.07) is 8.07. The molecule has 1 aromatic carbocycles. The number of hydrogen-bond acceptors (Lipinski definition) is 3. The highest BCUT2D eigenvalue weighted by Gasteiger charge is 2.06. The fourth-order valence-electron chi connectivity index (χ4n) is 1.84. The summed E-state index contributed by atoms with van der Waals surface area (Å²) < 4.78 is 7.33. The number of hydrogen-bond donors (Lipinski definition) is 2. The van der Waals surface area contributed by atoms with Crippen molar-refractivity contribution in [1.29, 1.82) is 0 Å². The van der Waals surface area contributed by atoms with Crippen LogP contribution < -0.4 is 11.3 Å². The van der Waals surface area contributed by atoms with Crippen molar-refractivity contribution in [2.75, 3.05) is 6.61 Å². The van der Waals surface area contributed by atoms with Gasteiger partial charge in [-0.15, -0.1) is 0 Å². The first-order valence-electron chi connectivity index (χ1n) is 5.32. The van der Waals surface area contributed by atoms with Crippen molar-refractivity contribution in [3.8, 4) is 0 Å². The molecule has 2 rings (SSSR count). The van der Waals surface area contributed by atoms with E-state index in [1.165, 1.54) is 0 Å². The van der Waals surface area contributed by atoms with E-state index in [1.807, 2.05) is 47.5 Å². The Hall–Kier alpha value is -1.85. The second-order valence-electron chi connectivity index (χ2n) is 3.84. The number of para-hydroxylation sites is 1. The molecule has 0 saturated carbocycles. The van der Waals surface area contributed by atoms with E-state index in [1.54, 1.807) is 0 Å². The lowest BCUT2D eigenvalue weighted by molar-refractivity contribution is -0.126. The molecule has 1 heterocycles. The number of benzene rings is 1. The first-order valence-corrected chi connectivity index (χ1v) is 5.32. The molecular weight excluding hydrogens is 218 g/mol. The van der Waals surface area contributed by atoms with E-state index in [9.17, 15) is 4.79 Å². The highest BCUT2D eigenvalue weighted by molar-refractivity contribution is 5.83. The number of nitrogens with zero attached hydrogens (tertiary/aromatic N) is 1. The zero-order chi connectivity index (χ0) is 12.3. The van der Waals surface area contributed by atoms with Crippen LogP contribution in [0, 0.1) is 0 Å². The van der Waals surface area contributed by atoms with Crippen molar-refractivity contribution >= 4 is 16.8 Å². The van der Waals surface area contributed by atoms with Crippen LogP contribution in [0.2, 0.25) is 0 Å². The molecule has 0 unspecified atom stereocenters. The van der Waals surface area contributed by atoms with Crippen LogP contribution in [0.4, 0.5) is 0 Å². The van der Waals surface area contributed by atoms with Crippen LogP contribution in [0.25, 0.3) is 10.9 Å². The highest BCUT2D eigenvalue weighted by atomic mass is 16.5. The van der Waals surface area contributed by atoms with Gasteiger partial charge in [0.15, 0.2) is 0 Å². The lowest BCUT2D eigenvalue weighted by Gasteiger charge is -2.01. The number of nitrogens with two attached hydrogens (primary N) is 1. The van der Waals surface area contributed by atoms with Crippen LogP contribution in [0.15, 0.2) is 30.5 Å². The van der Waals surface area contributed by atoms with Gasteiger partial charge in [-0.2, -0.15) is 0 Å². The summed E-state index contributed by atoms with van der Waals surface area (Å²) >= 11 is 0. The second-order valence-corrected chi connectivity index (χ2v) is 3.84. The van der Waals surface area contributed by atoms with Gasteiger partial charge in [-0.05, 0) is 6.07 Å². The Kier molecular flexibility index (Phi) is 3.41. The Morgan fingerprint density at radius 1 is 1.47 bits per heavy atom. The third kappa shape index (κ3) is 2.46. The Morgan fingerprint density at radius 2 is 2.24 bits per heavy atom. The molecule has 5 heteroatoms. The summed E-state index contributed by atoms with van der Waals surface area (Å²) in [5.41, 5.74) is 4.23. The van der Waals surface area contributed by atoms with Crippen LogP contribution in [0.5, 0.6) is 0 Å². The number of amides is 1. The molecule has 0 aliphatic carbocycles. The lowest BCUT2D eigenvalue weighted by Crippen LogP contribution is -2.33. The van der Waals surface area contributed by atoms with Crippen molar-refractivity contribution < 1.29 is 9.53 Å². The molecule has 0 saturated heterocycles. The molecule has 0 aliphatic rings. The van der Waals surface area contributed by atoms with Crippen LogP contribution in [0.1, 0.15) is 5.56 Å². The molecule has 0 fully saturated rings. The van der Waals surface area contributed by atoms with Crippen molar-refractivity contribution in [2.24, 2.45) is 12.9 Å². The van der Waals surface area contributed by atoms with Crippen molar-refractivity contribution in [3.63, 3.8) is 0 Å². The molecule has 90 valence electrons. The van der Waals surface area contributed by atoms with Crippen LogP contribution in [-0.2, 0) is 23.2 Å². The first kappa shape index (κ1) is 11.6. The predicted molar refractivity (Wildman–Crippen MR) is 64.9 cm³/mol. The summed E-state index contributed by atoms with van der Waals surface area (Å²) in [4.78, 5) is 10.9. The SMILES string of the molecule is Cn1cc(COCC(=O)NN)c2ccccc21. The van der Waals surface area contributed by atoms with E-state index in [4.69, 9.17) is 10.6 Å². The van der Waals surface area contributed by atoms with E-state index in [-0.39, 0.29) is 12.5 Å². The van der Waals surface area contributed by atoms with Crippen molar-refractivity contribution in [1.82, 2.24) is 9.99 Å². The molecule has 5 nitrogen and oxygen atoms in total. The standard InChI is InChI=1S/C12H15N3O2/c1-15-6-9(7-17-8-12(16)14-13)10-4-2-3-5-11(10)15/h2-6H,7-8,13H2,1H3,(H,14,16). The zero-order valence-electron chi connectivity index (χ0n) is 9.64. The monoisotopic (exact) mass is 233 g/mol. The van der Waals surface area contributed by atoms with Gasteiger partial charge in [0, 0.05) is 29.7 Å². The largest absolute Gasteiger partial charge is 0.367 e. The average Bonchev–Trinajstić information content (AvgIpc) is 2.67. The molecule has 17 heavy (non-hydrogen) atoms. The van der Waals surface area contributed by atoms with Crippen LogP contribution in [-0.4, -0.2) is 17.1 Å². The van der Waals surface area contributed by atoms with Crippen LogP contribution in [0.3, 0.4) is 0 Å². The van der Waals surface area contributed by atoms with Crippen molar-refractivity contribution in [2.45, 2.75) is 6.61 Å². The Bertz CT molecular complexity index is 534. The summed E-state index contributed by atoms with van der Waals surface area (Å²) in [5.74, 6) is 4.63.